The maximum absolute atomic E-state index is 11.8. The molecular weight excluding hydrogens is 380 g/mol. The van der Waals surface area contributed by atoms with Gasteiger partial charge in [0.25, 0.3) is 0 Å². The smallest absolute Gasteiger partial charge is 0.230 e. The number of carbonyl (C=O) groups is 1. The van der Waals surface area contributed by atoms with Crippen molar-refractivity contribution in [1.82, 2.24) is 20.5 Å². The Bertz CT molecular complexity index is 656. The summed E-state index contributed by atoms with van der Waals surface area (Å²) in [6.45, 7) is 1.38. The van der Waals surface area contributed by atoms with Crippen LogP contribution in [-0.2, 0) is 9.53 Å². The van der Waals surface area contributed by atoms with Crippen molar-refractivity contribution in [3.63, 3.8) is 0 Å². The number of benzene rings is 1. The molecule has 23 heavy (non-hydrogen) atoms. The van der Waals surface area contributed by atoms with Crippen molar-refractivity contribution in [2.75, 3.05) is 18.9 Å². The van der Waals surface area contributed by atoms with E-state index in [0.29, 0.717) is 23.3 Å². The van der Waals surface area contributed by atoms with E-state index in [0.717, 1.165) is 29.5 Å². The van der Waals surface area contributed by atoms with Gasteiger partial charge in [-0.2, -0.15) is 0 Å². The number of ether oxygens (including phenoxy) is 1. The Morgan fingerprint density at radius 3 is 3.00 bits per heavy atom. The van der Waals surface area contributed by atoms with Gasteiger partial charge in [-0.15, -0.1) is 5.10 Å². The summed E-state index contributed by atoms with van der Waals surface area (Å²) in [7, 11) is 0. The van der Waals surface area contributed by atoms with E-state index in [9.17, 15) is 4.79 Å². The first kappa shape index (κ1) is 16.5. The number of rotatable bonds is 6. The topological polar surface area (TPSA) is 79.9 Å². The van der Waals surface area contributed by atoms with Crippen molar-refractivity contribution in [1.29, 1.82) is 0 Å². The fraction of sp³-hybridized carbons (Fsp3) is 0.400. The van der Waals surface area contributed by atoms with Gasteiger partial charge in [0.05, 0.1) is 11.9 Å². The molecule has 8 heteroatoms. The van der Waals surface area contributed by atoms with Crippen LogP contribution in [0.1, 0.15) is 12.8 Å². The first-order valence-electron chi connectivity index (χ1n) is 7.40. The summed E-state index contributed by atoms with van der Waals surface area (Å²) in [6, 6.07) is 7.80. The van der Waals surface area contributed by atoms with Crippen LogP contribution in [0.2, 0.25) is 0 Å². The van der Waals surface area contributed by atoms with Crippen LogP contribution >= 0.6 is 27.7 Å². The third-order valence-electron chi connectivity index (χ3n) is 3.47. The number of carbonyl (C=O) groups excluding carboxylic acids is 1. The van der Waals surface area contributed by atoms with Gasteiger partial charge >= 0.3 is 0 Å². The van der Waals surface area contributed by atoms with Crippen LogP contribution in [-0.4, -0.2) is 46.1 Å². The minimum Gasteiger partial charge on any atom is -0.376 e. The monoisotopic (exact) mass is 396 g/mol. The number of H-pyrrole nitrogens is 1. The van der Waals surface area contributed by atoms with E-state index < -0.39 is 0 Å². The molecular formula is C15H17BrN4O2S. The lowest BCUT2D eigenvalue weighted by Crippen LogP contribution is -2.32. The minimum absolute atomic E-state index is 0.0273. The highest BCUT2D eigenvalue weighted by atomic mass is 79.9. The van der Waals surface area contributed by atoms with Crippen molar-refractivity contribution in [3.8, 4) is 11.4 Å². The third-order valence-corrected chi connectivity index (χ3v) is 4.84. The lowest BCUT2D eigenvalue weighted by molar-refractivity contribution is -0.119. The number of hydrogen-bond donors (Lipinski definition) is 2. The van der Waals surface area contributed by atoms with E-state index in [1.807, 2.05) is 24.3 Å². The van der Waals surface area contributed by atoms with Crippen LogP contribution in [0.5, 0.6) is 0 Å². The second-order valence-corrected chi connectivity index (χ2v) is 7.06. The van der Waals surface area contributed by atoms with Crippen LogP contribution in [0, 0.1) is 0 Å². The van der Waals surface area contributed by atoms with Gasteiger partial charge in [-0.05, 0) is 25.0 Å². The van der Waals surface area contributed by atoms with E-state index >= 15 is 0 Å². The first-order valence-corrected chi connectivity index (χ1v) is 9.18. The van der Waals surface area contributed by atoms with Crippen molar-refractivity contribution in [2.24, 2.45) is 0 Å². The highest BCUT2D eigenvalue weighted by Crippen LogP contribution is 2.21. The Kier molecular flexibility index (Phi) is 5.69. The second kappa shape index (κ2) is 7.94. The van der Waals surface area contributed by atoms with E-state index in [-0.39, 0.29) is 12.0 Å². The molecule has 2 N–H and O–H groups in total. The van der Waals surface area contributed by atoms with Crippen molar-refractivity contribution < 1.29 is 9.53 Å². The largest absolute Gasteiger partial charge is 0.376 e. The summed E-state index contributed by atoms with van der Waals surface area (Å²) in [6.07, 6.45) is 2.26. The Morgan fingerprint density at radius 1 is 1.43 bits per heavy atom. The molecule has 122 valence electrons. The number of hydrogen-bond acceptors (Lipinski definition) is 5. The molecule has 0 saturated carbocycles. The quantitative estimate of drug-likeness (QED) is 0.733. The van der Waals surface area contributed by atoms with Gasteiger partial charge in [0.1, 0.15) is 0 Å². The fourth-order valence-electron chi connectivity index (χ4n) is 2.26. The van der Waals surface area contributed by atoms with Gasteiger partial charge in [0.2, 0.25) is 11.1 Å². The number of nitrogens with zero attached hydrogens (tertiary/aromatic N) is 2. The van der Waals surface area contributed by atoms with Gasteiger partial charge in [0.15, 0.2) is 5.82 Å². The van der Waals surface area contributed by atoms with E-state index in [2.05, 4.69) is 36.4 Å². The van der Waals surface area contributed by atoms with Gasteiger partial charge in [-0.25, -0.2) is 4.98 Å². The van der Waals surface area contributed by atoms with Gasteiger partial charge < -0.3 is 10.1 Å². The van der Waals surface area contributed by atoms with Gasteiger partial charge in [-0.3, -0.25) is 9.89 Å². The Labute approximate surface area is 146 Å². The van der Waals surface area contributed by atoms with E-state index in [4.69, 9.17) is 4.74 Å². The molecule has 2 heterocycles. The lowest BCUT2D eigenvalue weighted by atomic mass is 10.2. The average Bonchev–Trinajstić information content (AvgIpc) is 3.23. The summed E-state index contributed by atoms with van der Waals surface area (Å²) in [5, 5.41) is 10.5. The third kappa shape index (κ3) is 4.79. The van der Waals surface area contributed by atoms with Gasteiger partial charge in [-0.1, -0.05) is 39.8 Å². The Balaban J connectivity index is 1.47. The summed E-state index contributed by atoms with van der Waals surface area (Å²) in [5.41, 5.74) is 0.954. The summed E-state index contributed by atoms with van der Waals surface area (Å²) in [4.78, 5) is 16.2. The van der Waals surface area contributed by atoms with Crippen LogP contribution in [0.25, 0.3) is 11.4 Å². The molecule has 1 aliphatic heterocycles. The van der Waals surface area contributed by atoms with Crippen molar-refractivity contribution in [2.45, 2.75) is 24.1 Å². The number of thioether (sulfide) groups is 1. The molecule has 1 atom stereocenters. The van der Waals surface area contributed by atoms with Crippen molar-refractivity contribution in [3.05, 3.63) is 28.7 Å². The molecule has 1 aromatic carbocycles. The molecule has 3 rings (SSSR count). The number of aromatic nitrogens is 3. The molecule has 1 aliphatic rings. The van der Waals surface area contributed by atoms with Gasteiger partial charge in [0, 0.05) is 23.2 Å². The maximum Gasteiger partial charge on any atom is 0.230 e. The molecule has 2 aromatic rings. The molecule has 6 nitrogen and oxygen atoms in total. The first-order chi connectivity index (χ1) is 11.2. The lowest BCUT2D eigenvalue weighted by Gasteiger charge is -2.09. The highest BCUT2D eigenvalue weighted by molar-refractivity contribution is 9.10. The highest BCUT2D eigenvalue weighted by Gasteiger charge is 2.16. The summed E-state index contributed by atoms with van der Waals surface area (Å²) in [5.74, 6) is 0.963. The molecule has 1 unspecified atom stereocenters. The van der Waals surface area contributed by atoms with E-state index in [1.54, 1.807) is 0 Å². The second-order valence-electron chi connectivity index (χ2n) is 5.20. The normalized spacial score (nSPS) is 17.3. The van der Waals surface area contributed by atoms with Crippen LogP contribution in [0.3, 0.4) is 0 Å². The molecule has 0 spiro atoms. The zero-order valence-electron chi connectivity index (χ0n) is 12.4. The number of amides is 1. The predicted octanol–water partition coefficient (Wildman–Crippen LogP) is 2.62. The molecule has 0 bridgehead atoms. The number of halogens is 1. The molecule has 1 amide bonds. The SMILES string of the molecule is O=C(CSc1n[nH]c(-c2ccc(Br)cc2)n1)NCC1CCCO1. The predicted molar refractivity (Wildman–Crippen MR) is 92.2 cm³/mol. The summed E-state index contributed by atoms with van der Waals surface area (Å²) < 4.78 is 6.48. The zero-order valence-corrected chi connectivity index (χ0v) is 14.8. The minimum atomic E-state index is -0.0273. The Morgan fingerprint density at radius 2 is 2.26 bits per heavy atom. The summed E-state index contributed by atoms with van der Waals surface area (Å²) >= 11 is 4.71. The molecule has 0 aliphatic carbocycles. The van der Waals surface area contributed by atoms with Crippen LogP contribution in [0.4, 0.5) is 0 Å². The van der Waals surface area contributed by atoms with Crippen LogP contribution < -0.4 is 5.32 Å². The number of aromatic amines is 1. The van der Waals surface area contributed by atoms with E-state index in [1.165, 1.54) is 11.8 Å². The van der Waals surface area contributed by atoms with Crippen LogP contribution in [0.15, 0.2) is 33.9 Å². The van der Waals surface area contributed by atoms with Crippen molar-refractivity contribution >= 4 is 33.6 Å². The molecule has 1 saturated heterocycles. The zero-order chi connectivity index (χ0) is 16.1. The maximum atomic E-state index is 11.8. The molecule has 1 aromatic heterocycles. The Hall–Kier alpha value is -1.38. The molecule has 1 fully saturated rings. The average molecular weight is 397 g/mol. The fourth-order valence-corrected chi connectivity index (χ4v) is 3.15. The standard InChI is InChI=1S/C15H17BrN4O2S/c16-11-5-3-10(4-6-11)14-18-15(20-19-14)23-9-13(21)17-8-12-2-1-7-22-12/h3-6,12H,1-2,7-9H2,(H,17,21)(H,18,19,20). The number of nitrogens with one attached hydrogen (secondary N) is 2. The molecule has 0 radical (unpaired) electrons.